The summed E-state index contributed by atoms with van der Waals surface area (Å²) in [7, 11) is 0. The van der Waals surface area contributed by atoms with Crippen molar-refractivity contribution in [3.63, 3.8) is 0 Å². The van der Waals surface area contributed by atoms with Gasteiger partial charge in [-0.3, -0.25) is 4.79 Å². The van der Waals surface area contributed by atoms with Crippen LogP contribution in [0.3, 0.4) is 0 Å². The fraction of sp³-hybridized carbons (Fsp3) is 0.588. The summed E-state index contributed by atoms with van der Waals surface area (Å²) < 4.78 is 11.2. The molecule has 114 valence electrons. The molecule has 1 N–H and O–H groups in total. The van der Waals surface area contributed by atoms with Gasteiger partial charge in [-0.2, -0.15) is 0 Å². The normalized spacial score (nSPS) is 17.8. The van der Waals surface area contributed by atoms with Gasteiger partial charge in [0.25, 0.3) is 0 Å². The third-order valence-corrected chi connectivity index (χ3v) is 4.42. The monoisotopic (exact) mass is 289 g/mol. The van der Waals surface area contributed by atoms with E-state index in [0.717, 1.165) is 30.8 Å². The zero-order chi connectivity index (χ0) is 14.7. The number of carbonyl (C=O) groups excluding carboxylic acids is 1. The number of rotatable bonds is 4. The molecule has 21 heavy (non-hydrogen) atoms. The molecule has 0 radical (unpaired) electrons. The summed E-state index contributed by atoms with van der Waals surface area (Å²) in [6, 6.07) is 4.08. The van der Waals surface area contributed by atoms with E-state index in [1.54, 1.807) is 0 Å². The number of hydrogen-bond donors (Lipinski definition) is 1. The molecular formula is C17H23NO3. The molecule has 0 atom stereocenters. The van der Waals surface area contributed by atoms with Crippen molar-refractivity contribution in [2.75, 3.05) is 19.8 Å². The van der Waals surface area contributed by atoms with Gasteiger partial charge in [0.2, 0.25) is 5.91 Å². The highest BCUT2D eigenvalue weighted by Crippen LogP contribution is 2.33. The van der Waals surface area contributed by atoms with Crippen LogP contribution in [0.15, 0.2) is 12.1 Å². The SMILES string of the molecule is Cc1cc2c(cc1CCNC(=O)C1CCCC1)OCCO2. The molecule has 1 heterocycles. The molecule has 4 heteroatoms. The number of ether oxygens (including phenoxy) is 2. The topological polar surface area (TPSA) is 47.6 Å². The van der Waals surface area contributed by atoms with Crippen LogP contribution in [0, 0.1) is 12.8 Å². The second kappa shape index (κ2) is 6.37. The van der Waals surface area contributed by atoms with Crippen LogP contribution in [0.25, 0.3) is 0 Å². The molecule has 1 aliphatic heterocycles. The van der Waals surface area contributed by atoms with E-state index in [1.165, 1.54) is 24.0 Å². The fourth-order valence-corrected chi connectivity index (χ4v) is 3.15. The first-order chi connectivity index (χ1) is 10.2. The van der Waals surface area contributed by atoms with E-state index in [2.05, 4.69) is 12.2 Å². The first kappa shape index (κ1) is 14.2. The number of carbonyl (C=O) groups is 1. The van der Waals surface area contributed by atoms with Gasteiger partial charge < -0.3 is 14.8 Å². The van der Waals surface area contributed by atoms with Crippen molar-refractivity contribution in [2.45, 2.75) is 39.0 Å². The number of amides is 1. The van der Waals surface area contributed by atoms with Crippen molar-refractivity contribution in [3.05, 3.63) is 23.3 Å². The molecule has 0 saturated heterocycles. The van der Waals surface area contributed by atoms with E-state index in [9.17, 15) is 4.79 Å². The van der Waals surface area contributed by atoms with Crippen LogP contribution in [0.4, 0.5) is 0 Å². The predicted molar refractivity (Wildman–Crippen MR) is 80.8 cm³/mol. The second-order valence-corrected chi connectivity index (χ2v) is 5.94. The second-order valence-electron chi connectivity index (χ2n) is 5.94. The lowest BCUT2D eigenvalue weighted by Gasteiger charge is -2.20. The quantitative estimate of drug-likeness (QED) is 0.927. The highest BCUT2D eigenvalue weighted by Gasteiger charge is 2.22. The standard InChI is InChI=1S/C17H23NO3/c1-12-10-15-16(21-9-8-20-15)11-14(12)6-7-18-17(19)13-4-2-3-5-13/h10-11,13H,2-9H2,1H3,(H,18,19). The van der Waals surface area contributed by atoms with E-state index in [-0.39, 0.29) is 11.8 Å². The van der Waals surface area contributed by atoms with E-state index in [1.807, 2.05) is 12.1 Å². The van der Waals surface area contributed by atoms with Crippen LogP contribution in [0.2, 0.25) is 0 Å². The van der Waals surface area contributed by atoms with Crippen molar-refractivity contribution in [3.8, 4) is 11.5 Å². The molecule has 0 unspecified atom stereocenters. The highest BCUT2D eigenvalue weighted by molar-refractivity contribution is 5.78. The summed E-state index contributed by atoms with van der Waals surface area (Å²) in [6.45, 7) is 3.99. The Balaban J connectivity index is 1.56. The van der Waals surface area contributed by atoms with Crippen LogP contribution in [0.1, 0.15) is 36.8 Å². The van der Waals surface area contributed by atoms with Crippen LogP contribution < -0.4 is 14.8 Å². The predicted octanol–water partition coefficient (Wildman–Crippen LogP) is 2.62. The number of fused-ring (bicyclic) bond motifs is 1. The maximum Gasteiger partial charge on any atom is 0.223 e. The van der Waals surface area contributed by atoms with E-state index >= 15 is 0 Å². The van der Waals surface area contributed by atoms with Gasteiger partial charge in [0.15, 0.2) is 11.5 Å². The highest BCUT2D eigenvalue weighted by atomic mass is 16.6. The Labute approximate surface area is 125 Å². The lowest BCUT2D eigenvalue weighted by atomic mass is 10.0. The molecule has 1 aromatic rings. The Bertz CT molecular complexity index is 521. The van der Waals surface area contributed by atoms with Crippen LogP contribution in [-0.4, -0.2) is 25.7 Å². The average molecular weight is 289 g/mol. The zero-order valence-electron chi connectivity index (χ0n) is 12.6. The maximum absolute atomic E-state index is 12.0. The smallest absolute Gasteiger partial charge is 0.223 e. The van der Waals surface area contributed by atoms with E-state index in [4.69, 9.17) is 9.47 Å². The van der Waals surface area contributed by atoms with E-state index < -0.39 is 0 Å². The molecule has 1 amide bonds. The third-order valence-electron chi connectivity index (χ3n) is 4.42. The molecule has 0 aromatic heterocycles. The Morgan fingerprint density at radius 2 is 1.86 bits per heavy atom. The molecule has 4 nitrogen and oxygen atoms in total. The number of aryl methyl sites for hydroxylation is 1. The minimum Gasteiger partial charge on any atom is -0.486 e. The first-order valence-electron chi connectivity index (χ1n) is 7.91. The third kappa shape index (κ3) is 3.31. The molecule has 3 rings (SSSR count). The lowest BCUT2D eigenvalue weighted by molar-refractivity contribution is -0.124. The van der Waals surface area contributed by atoms with Gasteiger partial charge in [0, 0.05) is 12.5 Å². The van der Waals surface area contributed by atoms with Gasteiger partial charge in [-0.15, -0.1) is 0 Å². The van der Waals surface area contributed by atoms with Crippen LogP contribution >= 0.6 is 0 Å². The maximum atomic E-state index is 12.0. The molecular weight excluding hydrogens is 266 g/mol. The largest absolute Gasteiger partial charge is 0.486 e. The molecule has 2 aliphatic rings. The molecule has 1 saturated carbocycles. The molecule has 0 spiro atoms. The summed E-state index contributed by atoms with van der Waals surface area (Å²) in [5.41, 5.74) is 2.40. The molecule has 1 fully saturated rings. The summed E-state index contributed by atoms with van der Waals surface area (Å²) in [4.78, 5) is 12.0. The molecule has 0 bridgehead atoms. The van der Waals surface area contributed by atoms with Crippen molar-refractivity contribution >= 4 is 5.91 Å². The van der Waals surface area contributed by atoms with Gasteiger partial charge in [-0.25, -0.2) is 0 Å². The van der Waals surface area contributed by atoms with E-state index in [0.29, 0.717) is 19.8 Å². The van der Waals surface area contributed by atoms with Crippen LogP contribution in [0.5, 0.6) is 11.5 Å². The van der Waals surface area contributed by atoms with Gasteiger partial charge in [0.1, 0.15) is 13.2 Å². The summed E-state index contributed by atoms with van der Waals surface area (Å²) in [6.07, 6.45) is 5.32. The van der Waals surface area contributed by atoms with Gasteiger partial charge >= 0.3 is 0 Å². The Hall–Kier alpha value is -1.71. The number of nitrogens with one attached hydrogen (secondary N) is 1. The summed E-state index contributed by atoms with van der Waals surface area (Å²) in [5.74, 6) is 2.12. The summed E-state index contributed by atoms with van der Waals surface area (Å²) >= 11 is 0. The number of hydrogen-bond acceptors (Lipinski definition) is 3. The van der Waals surface area contributed by atoms with Gasteiger partial charge in [-0.1, -0.05) is 12.8 Å². The molecule has 1 aromatic carbocycles. The zero-order valence-corrected chi connectivity index (χ0v) is 12.6. The Morgan fingerprint density at radius 3 is 2.57 bits per heavy atom. The first-order valence-corrected chi connectivity index (χ1v) is 7.91. The minimum atomic E-state index is 0.225. The van der Waals surface area contributed by atoms with Crippen molar-refractivity contribution < 1.29 is 14.3 Å². The lowest BCUT2D eigenvalue weighted by Crippen LogP contribution is -2.31. The Morgan fingerprint density at radius 1 is 1.19 bits per heavy atom. The van der Waals surface area contributed by atoms with Gasteiger partial charge in [-0.05, 0) is 49.4 Å². The van der Waals surface area contributed by atoms with Crippen molar-refractivity contribution in [2.24, 2.45) is 5.92 Å². The van der Waals surface area contributed by atoms with Crippen molar-refractivity contribution in [1.29, 1.82) is 0 Å². The Kier molecular flexibility index (Phi) is 4.32. The average Bonchev–Trinajstić information content (AvgIpc) is 3.02. The van der Waals surface area contributed by atoms with Gasteiger partial charge in [0.05, 0.1) is 0 Å². The fourth-order valence-electron chi connectivity index (χ4n) is 3.15. The summed E-state index contributed by atoms with van der Waals surface area (Å²) in [5, 5.41) is 3.07. The van der Waals surface area contributed by atoms with Crippen molar-refractivity contribution in [1.82, 2.24) is 5.32 Å². The molecule has 1 aliphatic carbocycles. The number of benzene rings is 1. The van der Waals surface area contributed by atoms with Crippen LogP contribution in [-0.2, 0) is 11.2 Å². The minimum absolute atomic E-state index is 0.225.